The Morgan fingerprint density at radius 1 is 1.24 bits per heavy atom. The number of rotatable bonds is 5. The summed E-state index contributed by atoms with van der Waals surface area (Å²) in [5.41, 5.74) is 2.29. The number of carbonyl (C=O) groups is 2. The summed E-state index contributed by atoms with van der Waals surface area (Å²) in [5, 5.41) is 17.0. The van der Waals surface area contributed by atoms with Crippen LogP contribution in [0.3, 0.4) is 0 Å². The topological polar surface area (TPSA) is 88.3 Å². The second-order valence-electron chi connectivity index (χ2n) is 6.46. The zero-order valence-electron chi connectivity index (χ0n) is 14.3. The molecule has 0 aliphatic carbocycles. The minimum atomic E-state index is -0.830. The highest BCUT2D eigenvalue weighted by Crippen LogP contribution is 2.23. The molecule has 1 aliphatic heterocycles. The lowest BCUT2D eigenvalue weighted by Gasteiger charge is -2.35. The monoisotopic (exact) mass is 342 g/mol. The van der Waals surface area contributed by atoms with Crippen LogP contribution >= 0.6 is 0 Å². The zero-order valence-corrected chi connectivity index (χ0v) is 14.3. The van der Waals surface area contributed by atoms with Crippen molar-refractivity contribution >= 4 is 11.9 Å². The van der Waals surface area contributed by atoms with Gasteiger partial charge in [0.2, 0.25) is 0 Å². The largest absolute Gasteiger partial charge is 0.481 e. The van der Waals surface area contributed by atoms with Gasteiger partial charge < -0.3 is 10.0 Å². The summed E-state index contributed by atoms with van der Waals surface area (Å²) in [4.78, 5) is 25.4. The first-order valence-corrected chi connectivity index (χ1v) is 8.57. The molecule has 1 N–H and O–H groups in total. The van der Waals surface area contributed by atoms with Gasteiger partial charge in [-0.25, -0.2) is 4.68 Å². The van der Waals surface area contributed by atoms with E-state index < -0.39 is 5.97 Å². The van der Waals surface area contributed by atoms with Crippen molar-refractivity contribution in [2.24, 2.45) is 0 Å². The van der Waals surface area contributed by atoms with Gasteiger partial charge in [0.05, 0.1) is 11.9 Å². The Hall–Kier alpha value is -2.70. The third kappa shape index (κ3) is 4.04. The van der Waals surface area contributed by atoms with Gasteiger partial charge in [-0.05, 0) is 44.7 Å². The van der Waals surface area contributed by atoms with E-state index in [-0.39, 0.29) is 18.4 Å². The number of carboxylic acids is 1. The molecule has 7 nitrogen and oxygen atoms in total. The van der Waals surface area contributed by atoms with Crippen LogP contribution in [0, 0.1) is 6.92 Å². The molecule has 1 aromatic carbocycles. The number of aliphatic carboxylic acids is 1. The van der Waals surface area contributed by atoms with E-state index in [1.807, 2.05) is 31.2 Å². The molecule has 1 aromatic heterocycles. The Kier molecular flexibility index (Phi) is 5.11. The molecule has 3 rings (SSSR count). The predicted octanol–water partition coefficient (Wildman–Crippen LogP) is 2.44. The molecule has 2 aromatic rings. The molecule has 0 spiro atoms. The van der Waals surface area contributed by atoms with Crippen molar-refractivity contribution in [2.45, 2.75) is 45.1 Å². The lowest BCUT2D eigenvalue weighted by molar-refractivity contribution is -0.137. The van der Waals surface area contributed by atoms with Crippen molar-refractivity contribution in [2.75, 3.05) is 6.54 Å². The van der Waals surface area contributed by atoms with Gasteiger partial charge in [0.25, 0.3) is 5.91 Å². The number of carboxylic acid groups (broad SMARTS) is 1. The maximum absolute atomic E-state index is 12.8. The van der Waals surface area contributed by atoms with E-state index in [2.05, 4.69) is 10.3 Å². The van der Waals surface area contributed by atoms with Gasteiger partial charge in [-0.3, -0.25) is 9.59 Å². The Morgan fingerprint density at radius 2 is 2.00 bits per heavy atom. The third-order valence-electron chi connectivity index (χ3n) is 4.59. The molecule has 1 saturated heterocycles. The number of aromatic nitrogens is 3. The van der Waals surface area contributed by atoms with Crippen LogP contribution in [0.1, 0.15) is 48.2 Å². The summed E-state index contributed by atoms with van der Waals surface area (Å²) in [5.74, 6) is -1.00. The molecule has 0 bridgehead atoms. The summed E-state index contributed by atoms with van der Waals surface area (Å²) in [6, 6.07) is 7.77. The maximum atomic E-state index is 12.8. The second-order valence-corrected chi connectivity index (χ2v) is 6.46. The first-order valence-electron chi connectivity index (χ1n) is 8.57. The van der Waals surface area contributed by atoms with E-state index >= 15 is 0 Å². The minimum Gasteiger partial charge on any atom is -0.481 e. The van der Waals surface area contributed by atoms with Gasteiger partial charge in [0.1, 0.15) is 0 Å². The minimum absolute atomic E-state index is 0.0399. The SMILES string of the molecule is Cc1ccc(-n2cc(C(=O)N3CCCC[C@H]3CCC(=O)O)nn2)cc1. The number of hydrogen-bond acceptors (Lipinski definition) is 4. The number of benzene rings is 1. The van der Waals surface area contributed by atoms with Crippen LogP contribution in [0.2, 0.25) is 0 Å². The highest BCUT2D eigenvalue weighted by Gasteiger charge is 2.29. The van der Waals surface area contributed by atoms with Crippen LogP contribution < -0.4 is 0 Å². The van der Waals surface area contributed by atoms with Crippen molar-refractivity contribution < 1.29 is 14.7 Å². The summed E-state index contributed by atoms with van der Waals surface area (Å²) in [7, 11) is 0. The molecule has 0 radical (unpaired) electrons. The van der Waals surface area contributed by atoms with Gasteiger partial charge in [0.15, 0.2) is 5.69 Å². The summed E-state index contributed by atoms with van der Waals surface area (Å²) < 4.78 is 1.59. The molecule has 7 heteroatoms. The fraction of sp³-hybridized carbons (Fsp3) is 0.444. The van der Waals surface area contributed by atoms with Crippen LogP contribution in [0.5, 0.6) is 0 Å². The highest BCUT2D eigenvalue weighted by molar-refractivity contribution is 5.92. The predicted molar refractivity (Wildman–Crippen MR) is 91.6 cm³/mol. The molecule has 25 heavy (non-hydrogen) atoms. The van der Waals surface area contributed by atoms with Gasteiger partial charge in [-0.2, -0.15) is 0 Å². The Bertz CT molecular complexity index is 754. The molecule has 0 unspecified atom stereocenters. The summed E-state index contributed by atoms with van der Waals surface area (Å²) in [6.07, 6.45) is 4.98. The molecule has 0 saturated carbocycles. The summed E-state index contributed by atoms with van der Waals surface area (Å²) >= 11 is 0. The Morgan fingerprint density at radius 3 is 2.72 bits per heavy atom. The quantitative estimate of drug-likeness (QED) is 0.901. The third-order valence-corrected chi connectivity index (χ3v) is 4.59. The van der Waals surface area contributed by atoms with E-state index in [1.54, 1.807) is 15.8 Å². The maximum Gasteiger partial charge on any atom is 0.303 e. The van der Waals surface area contributed by atoms with Crippen LogP contribution in [-0.4, -0.2) is 49.5 Å². The van der Waals surface area contributed by atoms with E-state index in [0.29, 0.717) is 18.7 Å². The molecule has 132 valence electrons. The summed E-state index contributed by atoms with van der Waals surface area (Å²) in [6.45, 7) is 2.65. The van der Waals surface area contributed by atoms with Crippen molar-refractivity contribution in [3.8, 4) is 5.69 Å². The molecular formula is C18H22N4O3. The number of piperidine rings is 1. The zero-order chi connectivity index (χ0) is 17.8. The van der Waals surface area contributed by atoms with Crippen LogP contribution in [-0.2, 0) is 4.79 Å². The number of amides is 1. The molecule has 1 amide bonds. The van der Waals surface area contributed by atoms with E-state index in [0.717, 1.165) is 30.5 Å². The van der Waals surface area contributed by atoms with Crippen molar-refractivity contribution in [1.29, 1.82) is 0 Å². The number of hydrogen-bond donors (Lipinski definition) is 1. The average molecular weight is 342 g/mol. The molecule has 2 heterocycles. The van der Waals surface area contributed by atoms with Crippen molar-refractivity contribution in [1.82, 2.24) is 19.9 Å². The van der Waals surface area contributed by atoms with E-state index in [1.165, 1.54) is 0 Å². The van der Waals surface area contributed by atoms with Gasteiger partial charge in [-0.1, -0.05) is 22.9 Å². The highest BCUT2D eigenvalue weighted by atomic mass is 16.4. The van der Waals surface area contributed by atoms with Crippen LogP contribution in [0.4, 0.5) is 0 Å². The molecular weight excluding hydrogens is 320 g/mol. The molecule has 1 fully saturated rings. The fourth-order valence-electron chi connectivity index (χ4n) is 3.19. The normalized spacial score (nSPS) is 17.5. The van der Waals surface area contributed by atoms with Crippen molar-refractivity contribution in [3.05, 3.63) is 41.7 Å². The van der Waals surface area contributed by atoms with Crippen LogP contribution in [0.25, 0.3) is 5.69 Å². The number of likely N-dealkylation sites (tertiary alicyclic amines) is 1. The Labute approximate surface area is 146 Å². The fourth-order valence-corrected chi connectivity index (χ4v) is 3.19. The standard InChI is InChI=1S/C18H22N4O3/c1-13-5-7-15(8-6-13)22-12-16(19-20-22)18(25)21-11-3-2-4-14(21)9-10-17(23)24/h5-8,12,14H,2-4,9-11H2,1H3,(H,23,24)/t14-/m0/s1. The Balaban J connectivity index is 1.75. The van der Waals surface area contributed by atoms with Crippen molar-refractivity contribution in [3.63, 3.8) is 0 Å². The van der Waals surface area contributed by atoms with Gasteiger partial charge in [-0.15, -0.1) is 5.10 Å². The number of carbonyl (C=O) groups excluding carboxylic acids is 1. The number of aryl methyl sites for hydroxylation is 1. The average Bonchev–Trinajstić information content (AvgIpc) is 3.10. The number of nitrogens with zero attached hydrogens (tertiary/aromatic N) is 4. The second kappa shape index (κ2) is 7.46. The van der Waals surface area contributed by atoms with E-state index in [9.17, 15) is 9.59 Å². The lowest BCUT2D eigenvalue weighted by atomic mass is 9.97. The molecule has 1 atom stereocenters. The lowest BCUT2D eigenvalue weighted by Crippen LogP contribution is -2.44. The van der Waals surface area contributed by atoms with Gasteiger partial charge >= 0.3 is 5.97 Å². The van der Waals surface area contributed by atoms with Gasteiger partial charge in [0, 0.05) is 19.0 Å². The smallest absolute Gasteiger partial charge is 0.303 e. The molecule has 1 aliphatic rings. The first kappa shape index (κ1) is 17.1. The van der Waals surface area contributed by atoms with E-state index in [4.69, 9.17) is 5.11 Å². The first-order chi connectivity index (χ1) is 12.0. The van der Waals surface area contributed by atoms with Crippen LogP contribution in [0.15, 0.2) is 30.5 Å².